The van der Waals surface area contributed by atoms with Crippen molar-refractivity contribution < 1.29 is 32.6 Å². The fourth-order valence-corrected chi connectivity index (χ4v) is 5.43. The Bertz CT molecular complexity index is 1470. The molecule has 15 heteroatoms. The largest absolute Gasteiger partial charge is 0.480 e. The fraction of sp³-hybridized carbons (Fsp3) is 0.423. The van der Waals surface area contributed by atoms with E-state index in [0.29, 0.717) is 50.4 Å². The van der Waals surface area contributed by atoms with Gasteiger partial charge in [-0.15, -0.1) is 0 Å². The molecule has 4 heterocycles. The number of carbonyl (C=O) groups excluding carboxylic acids is 1. The van der Waals surface area contributed by atoms with Crippen molar-refractivity contribution in [3.8, 4) is 11.6 Å². The zero-order valence-electron chi connectivity index (χ0n) is 22.1. The van der Waals surface area contributed by atoms with Crippen LogP contribution in [-0.2, 0) is 4.79 Å². The Hall–Kier alpha value is -4.40. The minimum absolute atomic E-state index is 0.00130. The number of aliphatic carboxylic acids is 1. The van der Waals surface area contributed by atoms with Gasteiger partial charge in [0.05, 0.1) is 11.4 Å². The van der Waals surface area contributed by atoms with Crippen LogP contribution in [0.15, 0.2) is 36.5 Å². The first-order chi connectivity index (χ1) is 19.3. The molecular weight excluding hydrogens is 545 g/mol. The Morgan fingerprint density at radius 3 is 2.51 bits per heavy atom. The van der Waals surface area contributed by atoms with Crippen LogP contribution in [0.3, 0.4) is 0 Å². The second kappa shape index (κ2) is 10.5. The summed E-state index contributed by atoms with van der Waals surface area (Å²) < 4.78 is 50.1. The highest BCUT2D eigenvalue weighted by Crippen LogP contribution is 2.42. The summed E-state index contributed by atoms with van der Waals surface area (Å²) in [6, 6.07) is 5.85. The number of primary amides is 1. The summed E-state index contributed by atoms with van der Waals surface area (Å²) in [4.78, 5) is 33.1. The van der Waals surface area contributed by atoms with Crippen LogP contribution in [0, 0.1) is 12.3 Å². The van der Waals surface area contributed by atoms with Gasteiger partial charge in [-0.1, -0.05) is 6.07 Å². The molecule has 2 saturated heterocycles. The summed E-state index contributed by atoms with van der Waals surface area (Å²) in [6.45, 7) is 3.26. The number of amides is 1. The summed E-state index contributed by atoms with van der Waals surface area (Å²) in [5, 5.41) is 16.6. The number of carboxylic acid groups (broad SMARTS) is 1. The number of aromatic nitrogens is 4. The number of ether oxygens (including phenoxy) is 1. The Kier molecular flexibility index (Phi) is 7.23. The average Bonchev–Trinajstić information content (AvgIpc) is 3.53. The standard InChI is InChI=1S/C26H29F3N8O4/c1-14-4-7-37(35-14)18-10-15(22(30)38)2-3-16(18)21(26(27,28)29)41-20-11-19(33-24(31)34-20)36-8-5-25(6-9-36)12-17(23(39)40)32-13-25/h2-4,7,10-11,17,21,32H,5-6,8-9,12-13H2,1H3,(H2,30,38)(H,39,40)(H2,31,33,34)/t17-,21?/m0/s1. The molecule has 0 aliphatic carbocycles. The molecule has 3 aromatic rings. The molecule has 2 aromatic heterocycles. The molecular formula is C26H29F3N8O4. The molecule has 2 aliphatic heterocycles. The first-order valence-electron chi connectivity index (χ1n) is 12.9. The van der Waals surface area contributed by atoms with E-state index in [-0.39, 0.29) is 34.1 Å². The third-order valence-electron chi connectivity index (χ3n) is 7.62. The van der Waals surface area contributed by atoms with Gasteiger partial charge in [-0.05, 0) is 49.8 Å². The fourth-order valence-electron chi connectivity index (χ4n) is 5.43. The number of nitrogens with zero attached hydrogens (tertiary/aromatic N) is 5. The Morgan fingerprint density at radius 1 is 1.20 bits per heavy atom. The summed E-state index contributed by atoms with van der Waals surface area (Å²) in [5.41, 5.74) is 11.3. The second-order valence-corrected chi connectivity index (χ2v) is 10.5. The lowest BCUT2D eigenvalue weighted by Crippen LogP contribution is -2.41. The zero-order chi connectivity index (χ0) is 29.5. The van der Waals surface area contributed by atoms with Gasteiger partial charge in [-0.2, -0.15) is 28.2 Å². The normalized spacial score (nSPS) is 19.3. The van der Waals surface area contributed by atoms with Crippen LogP contribution in [-0.4, -0.2) is 68.6 Å². The van der Waals surface area contributed by atoms with E-state index in [1.54, 1.807) is 13.0 Å². The predicted molar refractivity (Wildman–Crippen MR) is 141 cm³/mol. The maximum Gasteiger partial charge on any atom is 0.429 e. The third kappa shape index (κ3) is 5.89. The maximum absolute atomic E-state index is 14.5. The number of hydrogen-bond donors (Lipinski definition) is 4. The van der Waals surface area contributed by atoms with Crippen molar-refractivity contribution in [3.05, 3.63) is 53.3 Å². The molecule has 0 bridgehead atoms. The van der Waals surface area contributed by atoms with Crippen molar-refractivity contribution in [1.82, 2.24) is 25.1 Å². The van der Waals surface area contributed by atoms with Crippen molar-refractivity contribution in [2.75, 3.05) is 30.3 Å². The van der Waals surface area contributed by atoms with Gasteiger partial charge in [0.2, 0.25) is 23.8 Å². The van der Waals surface area contributed by atoms with E-state index in [9.17, 15) is 27.9 Å². The molecule has 1 unspecified atom stereocenters. The van der Waals surface area contributed by atoms with Crippen LogP contribution in [0.4, 0.5) is 24.9 Å². The number of hydrogen-bond acceptors (Lipinski definition) is 9. The predicted octanol–water partition coefficient (Wildman–Crippen LogP) is 2.37. The Labute approximate surface area is 232 Å². The number of aryl methyl sites for hydroxylation is 1. The lowest BCUT2D eigenvalue weighted by Gasteiger charge is -2.39. The molecule has 1 amide bonds. The van der Waals surface area contributed by atoms with E-state index in [2.05, 4.69) is 20.4 Å². The molecule has 1 aromatic carbocycles. The van der Waals surface area contributed by atoms with Crippen molar-refractivity contribution in [3.63, 3.8) is 0 Å². The van der Waals surface area contributed by atoms with Gasteiger partial charge in [0.15, 0.2) is 0 Å². The molecule has 0 radical (unpaired) electrons. The van der Waals surface area contributed by atoms with Gasteiger partial charge in [-0.25, -0.2) is 4.68 Å². The molecule has 12 nitrogen and oxygen atoms in total. The molecule has 6 N–H and O–H groups in total. The van der Waals surface area contributed by atoms with E-state index in [1.165, 1.54) is 29.1 Å². The van der Waals surface area contributed by atoms with E-state index in [1.807, 2.05) is 4.90 Å². The smallest absolute Gasteiger partial charge is 0.429 e. The summed E-state index contributed by atoms with van der Waals surface area (Å²) in [5.74, 6) is -2.04. The molecule has 41 heavy (non-hydrogen) atoms. The zero-order valence-corrected chi connectivity index (χ0v) is 22.1. The average molecular weight is 575 g/mol. The van der Waals surface area contributed by atoms with Crippen LogP contribution in [0.25, 0.3) is 5.69 Å². The van der Waals surface area contributed by atoms with E-state index in [4.69, 9.17) is 16.2 Å². The van der Waals surface area contributed by atoms with Gasteiger partial charge in [0.25, 0.3) is 0 Å². The number of nitrogen functional groups attached to an aromatic ring is 1. The lowest BCUT2D eigenvalue weighted by molar-refractivity contribution is -0.198. The monoisotopic (exact) mass is 574 g/mol. The van der Waals surface area contributed by atoms with Crippen LogP contribution < -0.4 is 26.4 Å². The third-order valence-corrected chi connectivity index (χ3v) is 7.62. The van der Waals surface area contributed by atoms with Crippen LogP contribution in [0.1, 0.15) is 47.0 Å². The van der Waals surface area contributed by atoms with E-state index < -0.39 is 30.2 Å². The number of nitrogens with one attached hydrogen (secondary N) is 1. The van der Waals surface area contributed by atoms with E-state index >= 15 is 0 Å². The van der Waals surface area contributed by atoms with Gasteiger partial charge in [-0.3, -0.25) is 9.59 Å². The van der Waals surface area contributed by atoms with Crippen molar-refractivity contribution in [1.29, 1.82) is 0 Å². The van der Waals surface area contributed by atoms with E-state index in [0.717, 1.165) is 6.07 Å². The number of rotatable bonds is 7. The second-order valence-electron chi connectivity index (χ2n) is 10.5. The van der Waals surface area contributed by atoms with Crippen LogP contribution in [0.5, 0.6) is 5.88 Å². The lowest BCUT2D eigenvalue weighted by atomic mass is 9.76. The number of carbonyl (C=O) groups is 2. The van der Waals surface area contributed by atoms with Gasteiger partial charge in [0, 0.05) is 43.0 Å². The van der Waals surface area contributed by atoms with Crippen molar-refractivity contribution in [2.45, 2.75) is 44.5 Å². The summed E-state index contributed by atoms with van der Waals surface area (Å²) >= 11 is 0. The quantitative estimate of drug-likeness (QED) is 0.328. The number of anilines is 2. The number of carboxylic acids is 1. The van der Waals surface area contributed by atoms with Crippen LogP contribution >= 0.6 is 0 Å². The Balaban J connectivity index is 1.43. The number of halogens is 3. The Morgan fingerprint density at radius 2 is 1.93 bits per heavy atom. The minimum atomic E-state index is -4.89. The molecule has 2 atom stereocenters. The molecule has 2 fully saturated rings. The molecule has 5 rings (SSSR count). The summed E-state index contributed by atoms with van der Waals surface area (Å²) in [7, 11) is 0. The molecule has 0 saturated carbocycles. The summed E-state index contributed by atoms with van der Waals surface area (Å²) in [6.07, 6.45) is -4.06. The SMILES string of the molecule is Cc1ccn(-c2cc(C(N)=O)ccc2C(Oc2cc(N3CCC4(CC3)CN[C@H](C(=O)O)C4)nc(N)n2)C(F)(F)F)n1. The number of piperidine rings is 1. The molecule has 2 aliphatic rings. The topological polar surface area (TPSA) is 175 Å². The maximum atomic E-state index is 14.5. The van der Waals surface area contributed by atoms with Crippen molar-refractivity contribution in [2.24, 2.45) is 11.1 Å². The van der Waals surface area contributed by atoms with Gasteiger partial charge >= 0.3 is 12.1 Å². The highest BCUT2D eigenvalue weighted by atomic mass is 19.4. The number of benzene rings is 1. The van der Waals surface area contributed by atoms with Crippen molar-refractivity contribution >= 4 is 23.6 Å². The van der Waals surface area contributed by atoms with Gasteiger partial charge in [0.1, 0.15) is 11.9 Å². The van der Waals surface area contributed by atoms with Crippen LogP contribution in [0.2, 0.25) is 0 Å². The first-order valence-corrected chi connectivity index (χ1v) is 12.9. The number of alkyl halides is 3. The van der Waals surface area contributed by atoms with Gasteiger partial charge < -0.3 is 31.5 Å². The number of nitrogens with two attached hydrogens (primary N) is 2. The highest BCUT2D eigenvalue weighted by molar-refractivity contribution is 5.93. The minimum Gasteiger partial charge on any atom is -0.480 e. The first kappa shape index (κ1) is 28.1. The highest BCUT2D eigenvalue weighted by Gasteiger charge is 2.46. The molecule has 1 spiro atoms. The molecule has 218 valence electrons.